The lowest BCUT2D eigenvalue weighted by atomic mass is 9.60. The van der Waals surface area contributed by atoms with Gasteiger partial charge in [0, 0.05) is 19.6 Å². The second-order valence-electron chi connectivity index (χ2n) is 12.0. The van der Waals surface area contributed by atoms with Crippen LogP contribution < -0.4 is 0 Å². The van der Waals surface area contributed by atoms with Crippen molar-refractivity contribution in [2.75, 3.05) is 13.2 Å². The highest BCUT2D eigenvalue weighted by atomic mass is 16.5. The summed E-state index contributed by atoms with van der Waals surface area (Å²) in [6.07, 6.45) is 13.4. The van der Waals surface area contributed by atoms with Crippen LogP contribution in [0.1, 0.15) is 91.9 Å². The first-order chi connectivity index (χ1) is 16.2. The maximum atomic E-state index is 10.7. The Morgan fingerprint density at radius 3 is 2.59 bits per heavy atom. The molecule has 7 atom stereocenters. The Kier molecular flexibility index (Phi) is 10.0. The van der Waals surface area contributed by atoms with E-state index in [1.54, 1.807) is 5.57 Å². The molecule has 0 spiro atoms. The summed E-state index contributed by atoms with van der Waals surface area (Å²) in [4.78, 5) is 0. The molecule has 0 radical (unpaired) electrons. The molecule has 0 aromatic heterocycles. The Morgan fingerprint density at radius 1 is 1.12 bits per heavy atom. The van der Waals surface area contributed by atoms with Gasteiger partial charge >= 0.3 is 0 Å². The molecule has 4 nitrogen and oxygen atoms in total. The molecule has 0 heterocycles. The van der Waals surface area contributed by atoms with E-state index in [2.05, 4.69) is 46.4 Å². The summed E-state index contributed by atoms with van der Waals surface area (Å²) in [5, 5.41) is 30.3. The van der Waals surface area contributed by atoms with E-state index < -0.39 is 18.3 Å². The van der Waals surface area contributed by atoms with E-state index in [1.807, 2.05) is 0 Å². The lowest BCUT2D eigenvalue weighted by Crippen LogP contribution is -2.45. The van der Waals surface area contributed by atoms with E-state index in [0.29, 0.717) is 36.4 Å². The predicted molar refractivity (Wildman–Crippen MR) is 139 cm³/mol. The van der Waals surface area contributed by atoms with Gasteiger partial charge in [-0.05, 0) is 78.8 Å². The van der Waals surface area contributed by atoms with Gasteiger partial charge in [0.25, 0.3) is 0 Å². The molecular formula is C30H50O4. The number of hydrogen-bond donors (Lipinski definition) is 3. The van der Waals surface area contributed by atoms with Crippen molar-refractivity contribution in [3.63, 3.8) is 0 Å². The van der Waals surface area contributed by atoms with Crippen molar-refractivity contribution >= 4 is 0 Å². The van der Waals surface area contributed by atoms with Gasteiger partial charge in [0.05, 0.1) is 6.10 Å². The van der Waals surface area contributed by atoms with Gasteiger partial charge in [-0.2, -0.15) is 0 Å². The molecule has 0 bridgehead atoms. The quantitative estimate of drug-likeness (QED) is 0.341. The summed E-state index contributed by atoms with van der Waals surface area (Å²) in [6.45, 7) is 14.2. The number of allylic oxidation sites excluding steroid dienone is 3. The fourth-order valence-corrected chi connectivity index (χ4v) is 7.20. The first-order valence-electron chi connectivity index (χ1n) is 13.9. The van der Waals surface area contributed by atoms with Crippen LogP contribution in [0.4, 0.5) is 0 Å². The minimum absolute atomic E-state index is 0.0379. The first kappa shape index (κ1) is 27.6. The highest BCUT2D eigenvalue weighted by Crippen LogP contribution is 2.60. The summed E-state index contributed by atoms with van der Waals surface area (Å²) in [5.74, 6) is 3.05. The Bertz CT molecular complexity index is 738. The summed E-state index contributed by atoms with van der Waals surface area (Å²) < 4.78 is 5.64. The molecule has 0 aromatic carbocycles. The number of hydrogen-bond acceptors (Lipinski definition) is 4. The third-order valence-electron chi connectivity index (χ3n) is 9.17. The van der Waals surface area contributed by atoms with Gasteiger partial charge in [0.2, 0.25) is 0 Å². The molecule has 0 unspecified atom stereocenters. The van der Waals surface area contributed by atoms with Crippen molar-refractivity contribution in [2.24, 2.45) is 29.1 Å². The third kappa shape index (κ3) is 6.24. The van der Waals surface area contributed by atoms with Gasteiger partial charge in [-0.1, -0.05) is 71.3 Å². The van der Waals surface area contributed by atoms with E-state index in [-0.39, 0.29) is 6.61 Å². The Morgan fingerprint density at radius 2 is 1.88 bits per heavy atom. The van der Waals surface area contributed by atoms with Crippen LogP contribution >= 0.6 is 0 Å². The summed E-state index contributed by atoms with van der Waals surface area (Å²) in [7, 11) is 0. The highest BCUT2D eigenvalue weighted by Gasteiger charge is 2.50. The second kappa shape index (κ2) is 12.3. The minimum atomic E-state index is -0.911. The average molecular weight is 475 g/mol. The van der Waals surface area contributed by atoms with Crippen molar-refractivity contribution < 1.29 is 20.1 Å². The molecule has 3 saturated carbocycles. The number of fused-ring (bicyclic) bond motifs is 1. The molecule has 3 aliphatic carbocycles. The Balaban J connectivity index is 1.68. The van der Waals surface area contributed by atoms with Crippen LogP contribution in [0.5, 0.6) is 0 Å². The largest absolute Gasteiger partial charge is 0.396 e. The number of ether oxygens (including phenoxy) is 1. The summed E-state index contributed by atoms with van der Waals surface area (Å²) >= 11 is 0. The van der Waals surface area contributed by atoms with Crippen molar-refractivity contribution in [1.29, 1.82) is 0 Å². The van der Waals surface area contributed by atoms with E-state index in [4.69, 9.17) is 9.84 Å². The van der Waals surface area contributed by atoms with E-state index in [9.17, 15) is 10.2 Å². The zero-order chi connectivity index (χ0) is 24.9. The number of aliphatic hydroxyl groups excluding tert-OH is 3. The van der Waals surface area contributed by atoms with E-state index in [0.717, 1.165) is 29.7 Å². The van der Waals surface area contributed by atoms with Gasteiger partial charge in [0.15, 0.2) is 0 Å². The van der Waals surface area contributed by atoms with Crippen LogP contribution in [0.25, 0.3) is 0 Å². The number of aliphatic hydroxyl groups is 3. The fraction of sp³-hybridized carbons (Fsp3) is 0.800. The first-order valence-corrected chi connectivity index (χ1v) is 13.9. The Labute approximate surface area is 208 Å². The molecule has 0 saturated heterocycles. The SMILES string of the molecule is C=C1/C(=C/C=C2\CCC[C@]3(C)[C@@H]([C@H](C)CCCC(C)C)CC[C@@H]23)C[C@@H](O)[C@@H](OCCCO)[C@@H]1O. The molecule has 0 amide bonds. The van der Waals surface area contributed by atoms with Gasteiger partial charge < -0.3 is 20.1 Å². The average Bonchev–Trinajstić information content (AvgIpc) is 3.15. The van der Waals surface area contributed by atoms with E-state index in [1.165, 1.54) is 44.9 Å². The standard InChI is InChI=1S/C30H50O4/c1-20(2)9-6-10-21(3)25-14-15-26-23(11-7-16-30(25,26)5)12-13-24-19-27(32)29(28(33)22(24)4)34-18-8-17-31/h12-13,20-21,25-29,31-33H,4,6-11,14-19H2,1-3,5H3/b23-12+,24-13+/t21-,25-,26+,27-,28-,29-,30-/m1/s1. The molecule has 0 aliphatic heterocycles. The molecule has 194 valence electrons. The smallest absolute Gasteiger partial charge is 0.114 e. The molecule has 3 fully saturated rings. The van der Waals surface area contributed by atoms with Crippen LogP contribution in [0.3, 0.4) is 0 Å². The van der Waals surface area contributed by atoms with Crippen LogP contribution in [0, 0.1) is 29.1 Å². The molecule has 3 rings (SSSR count). The van der Waals surface area contributed by atoms with Gasteiger partial charge in [-0.25, -0.2) is 0 Å². The molecule has 3 N–H and O–H groups in total. The van der Waals surface area contributed by atoms with Crippen LogP contribution in [-0.2, 0) is 4.74 Å². The zero-order valence-electron chi connectivity index (χ0n) is 22.1. The maximum Gasteiger partial charge on any atom is 0.114 e. The topological polar surface area (TPSA) is 69.9 Å². The fourth-order valence-electron chi connectivity index (χ4n) is 7.20. The third-order valence-corrected chi connectivity index (χ3v) is 9.17. The molecule has 34 heavy (non-hydrogen) atoms. The van der Waals surface area contributed by atoms with Crippen LogP contribution in [0.2, 0.25) is 0 Å². The van der Waals surface area contributed by atoms with Gasteiger partial charge in [0.1, 0.15) is 12.2 Å². The van der Waals surface area contributed by atoms with Crippen LogP contribution in [-0.4, -0.2) is 46.8 Å². The zero-order valence-corrected chi connectivity index (χ0v) is 22.1. The van der Waals surface area contributed by atoms with Crippen molar-refractivity contribution in [1.82, 2.24) is 0 Å². The van der Waals surface area contributed by atoms with Crippen molar-refractivity contribution in [3.05, 3.63) is 35.5 Å². The summed E-state index contributed by atoms with van der Waals surface area (Å²) in [6, 6.07) is 0. The monoisotopic (exact) mass is 474 g/mol. The summed E-state index contributed by atoms with van der Waals surface area (Å²) in [5.41, 5.74) is 3.53. The normalized spacial score (nSPS) is 37.5. The lowest BCUT2D eigenvalue weighted by Gasteiger charge is -2.44. The van der Waals surface area contributed by atoms with E-state index >= 15 is 0 Å². The van der Waals surface area contributed by atoms with Gasteiger partial charge in [-0.3, -0.25) is 0 Å². The molecular weight excluding hydrogens is 424 g/mol. The van der Waals surface area contributed by atoms with Crippen molar-refractivity contribution in [2.45, 2.75) is 110 Å². The molecule has 3 aliphatic rings. The molecule has 4 heteroatoms. The number of rotatable bonds is 10. The maximum absolute atomic E-state index is 10.7. The molecule has 0 aromatic rings. The predicted octanol–water partition coefficient (Wildman–Crippen LogP) is 5.97. The second-order valence-corrected chi connectivity index (χ2v) is 12.0. The van der Waals surface area contributed by atoms with Gasteiger partial charge in [-0.15, -0.1) is 0 Å². The minimum Gasteiger partial charge on any atom is -0.396 e. The van der Waals surface area contributed by atoms with Crippen molar-refractivity contribution in [3.8, 4) is 0 Å². The lowest BCUT2D eigenvalue weighted by molar-refractivity contribution is -0.0968. The highest BCUT2D eigenvalue weighted by molar-refractivity contribution is 5.40. The Hall–Kier alpha value is -0.940. The van der Waals surface area contributed by atoms with Crippen LogP contribution in [0.15, 0.2) is 35.5 Å².